The monoisotopic (exact) mass is 383 g/mol. The third-order valence-corrected chi connectivity index (χ3v) is 6.33. The van der Waals surface area contributed by atoms with Gasteiger partial charge in [0, 0.05) is 13.1 Å². The second kappa shape index (κ2) is 7.27. The summed E-state index contributed by atoms with van der Waals surface area (Å²) in [7, 11) is -3.27. The van der Waals surface area contributed by atoms with Crippen LogP contribution in [0, 0.1) is 5.92 Å². The van der Waals surface area contributed by atoms with Crippen molar-refractivity contribution in [3.05, 3.63) is 18.2 Å². The quantitative estimate of drug-likeness (QED) is 0.856. The summed E-state index contributed by atoms with van der Waals surface area (Å²) in [4.78, 5) is 16.9. The normalized spacial score (nSPS) is 19.0. The molecule has 1 unspecified atom stereocenters. The standard InChI is InChI=1S/C16H21N3O4S2/c1-3-23-12-6-7-13-14(9-12)24-16(17-13)18-15(20)11-5-4-8-19(10-11)25(2,21)22/h6-7,9,11H,3-5,8,10H2,1-2H3,(H,17,18,20). The Morgan fingerprint density at radius 2 is 2.28 bits per heavy atom. The number of anilines is 1. The van der Waals surface area contributed by atoms with E-state index in [-0.39, 0.29) is 18.4 Å². The van der Waals surface area contributed by atoms with Gasteiger partial charge in [0.2, 0.25) is 15.9 Å². The fraction of sp³-hybridized carbons (Fsp3) is 0.500. The highest BCUT2D eigenvalue weighted by Crippen LogP contribution is 2.30. The highest BCUT2D eigenvalue weighted by molar-refractivity contribution is 7.88. The molecule has 1 aromatic carbocycles. The number of carbonyl (C=O) groups is 1. The van der Waals surface area contributed by atoms with Gasteiger partial charge in [0.25, 0.3) is 0 Å². The zero-order chi connectivity index (χ0) is 18.0. The van der Waals surface area contributed by atoms with Crippen LogP contribution in [0.2, 0.25) is 0 Å². The topological polar surface area (TPSA) is 88.6 Å². The van der Waals surface area contributed by atoms with Crippen LogP contribution in [-0.4, -0.2) is 49.6 Å². The molecule has 3 rings (SSSR count). The summed E-state index contributed by atoms with van der Waals surface area (Å²) < 4.78 is 31.1. The van der Waals surface area contributed by atoms with E-state index in [1.54, 1.807) is 0 Å². The second-order valence-electron chi connectivity index (χ2n) is 6.03. The molecule has 0 aliphatic carbocycles. The Morgan fingerprint density at radius 1 is 1.48 bits per heavy atom. The molecule has 0 bridgehead atoms. The molecule has 1 amide bonds. The SMILES string of the molecule is CCOc1ccc2nc(NC(=O)C3CCCN(S(C)(=O)=O)C3)sc2c1. The van der Waals surface area contributed by atoms with Crippen LogP contribution in [0.15, 0.2) is 18.2 Å². The number of thiazole rings is 1. The van der Waals surface area contributed by atoms with Crippen LogP contribution in [-0.2, 0) is 14.8 Å². The Balaban J connectivity index is 1.71. The number of rotatable bonds is 5. The molecule has 7 nitrogen and oxygen atoms in total. The van der Waals surface area contributed by atoms with E-state index in [1.807, 2.05) is 25.1 Å². The van der Waals surface area contributed by atoms with Crippen LogP contribution in [0.5, 0.6) is 5.75 Å². The van der Waals surface area contributed by atoms with Gasteiger partial charge in [0.15, 0.2) is 5.13 Å². The third kappa shape index (κ3) is 4.28. The minimum Gasteiger partial charge on any atom is -0.494 e. The molecule has 2 heterocycles. The summed E-state index contributed by atoms with van der Waals surface area (Å²) in [5.74, 6) is 0.236. The van der Waals surface area contributed by atoms with Gasteiger partial charge in [-0.1, -0.05) is 11.3 Å². The first-order chi connectivity index (χ1) is 11.9. The molecule has 136 valence electrons. The van der Waals surface area contributed by atoms with Gasteiger partial charge in [-0.3, -0.25) is 4.79 Å². The fourth-order valence-electron chi connectivity index (χ4n) is 2.88. The zero-order valence-corrected chi connectivity index (χ0v) is 15.8. The van der Waals surface area contributed by atoms with E-state index in [4.69, 9.17) is 4.74 Å². The lowest BCUT2D eigenvalue weighted by Crippen LogP contribution is -2.43. The number of sulfonamides is 1. The van der Waals surface area contributed by atoms with Crippen LogP contribution in [0.25, 0.3) is 10.2 Å². The number of carbonyl (C=O) groups excluding carboxylic acids is 1. The maximum Gasteiger partial charge on any atom is 0.230 e. The predicted octanol–water partition coefficient (Wildman–Crippen LogP) is 2.31. The van der Waals surface area contributed by atoms with E-state index in [1.165, 1.54) is 21.9 Å². The van der Waals surface area contributed by atoms with Crippen LogP contribution in [0.1, 0.15) is 19.8 Å². The van der Waals surface area contributed by atoms with Crippen molar-refractivity contribution in [3.63, 3.8) is 0 Å². The van der Waals surface area contributed by atoms with Gasteiger partial charge < -0.3 is 10.1 Å². The van der Waals surface area contributed by atoms with Gasteiger partial charge in [0.1, 0.15) is 5.75 Å². The molecule has 1 fully saturated rings. The lowest BCUT2D eigenvalue weighted by molar-refractivity contribution is -0.120. The van der Waals surface area contributed by atoms with Crippen LogP contribution >= 0.6 is 11.3 Å². The summed E-state index contributed by atoms with van der Waals surface area (Å²) in [6.07, 6.45) is 2.54. The van der Waals surface area contributed by atoms with Crippen molar-refractivity contribution in [2.24, 2.45) is 5.92 Å². The molecule has 2 aromatic rings. The molecule has 1 aliphatic rings. The lowest BCUT2D eigenvalue weighted by Gasteiger charge is -2.29. The van der Waals surface area contributed by atoms with Gasteiger partial charge in [0.05, 0.1) is 29.0 Å². The second-order valence-corrected chi connectivity index (χ2v) is 9.04. The maximum atomic E-state index is 12.5. The third-order valence-electron chi connectivity index (χ3n) is 4.12. The minimum absolute atomic E-state index is 0.183. The van der Waals surface area contributed by atoms with E-state index in [0.29, 0.717) is 31.1 Å². The van der Waals surface area contributed by atoms with Gasteiger partial charge in [-0.25, -0.2) is 17.7 Å². The van der Waals surface area contributed by atoms with Crippen molar-refractivity contribution in [3.8, 4) is 5.75 Å². The van der Waals surface area contributed by atoms with Crippen molar-refractivity contribution in [1.29, 1.82) is 0 Å². The molecular weight excluding hydrogens is 362 g/mol. The fourth-order valence-corrected chi connectivity index (χ4v) is 4.69. The van der Waals surface area contributed by atoms with E-state index in [0.717, 1.165) is 16.0 Å². The zero-order valence-electron chi connectivity index (χ0n) is 14.2. The van der Waals surface area contributed by atoms with E-state index >= 15 is 0 Å². The Hall–Kier alpha value is -1.71. The Labute approximate surface area is 151 Å². The average Bonchev–Trinajstić information content (AvgIpc) is 2.96. The van der Waals surface area contributed by atoms with Crippen LogP contribution in [0.3, 0.4) is 0 Å². The summed E-state index contributed by atoms with van der Waals surface area (Å²) in [5.41, 5.74) is 0.796. The number of hydrogen-bond donors (Lipinski definition) is 1. The molecular formula is C16H21N3O4S2. The van der Waals surface area contributed by atoms with E-state index < -0.39 is 10.0 Å². The Kier molecular flexibility index (Phi) is 5.26. The molecule has 25 heavy (non-hydrogen) atoms. The number of amides is 1. The average molecular weight is 383 g/mol. The highest BCUT2D eigenvalue weighted by atomic mass is 32.2. The summed E-state index contributed by atoms with van der Waals surface area (Å²) >= 11 is 1.38. The lowest BCUT2D eigenvalue weighted by atomic mass is 9.99. The van der Waals surface area contributed by atoms with Crippen molar-refractivity contribution in [2.75, 3.05) is 31.3 Å². The number of nitrogens with zero attached hydrogens (tertiary/aromatic N) is 2. The van der Waals surface area contributed by atoms with E-state index in [9.17, 15) is 13.2 Å². The smallest absolute Gasteiger partial charge is 0.230 e. The maximum absolute atomic E-state index is 12.5. The molecule has 0 spiro atoms. The molecule has 1 N–H and O–H groups in total. The minimum atomic E-state index is -3.27. The molecule has 9 heteroatoms. The molecule has 1 saturated heterocycles. The van der Waals surface area contributed by atoms with Crippen molar-refractivity contribution < 1.29 is 17.9 Å². The molecule has 1 aromatic heterocycles. The number of hydrogen-bond acceptors (Lipinski definition) is 6. The van der Waals surface area contributed by atoms with Crippen molar-refractivity contribution >= 4 is 42.6 Å². The number of ether oxygens (including phenoxy) is 1. The summed E-state index contributed by atoms with van der Waals surface area (Å²) in [6, 6.07) is 5.61. The van der Waals surface area contributed by atoms with Crippen molar-refractivity contribution in [2.45, 2.75) is 19.8 Å². The molecule has 0 radical (unpaired) electrons. The molecule has 1 atom stereocenters. The number of nitrogens with one attached hydrogen (secondary N) is 1. The van der Waals surface area contributed by atoms with Gasteiger partial charge in [-0.05, 0) is 38.0 Å². The number of fused-ring (bicyclic) bond motifs is 1. The van der Waals surface area contributed by atoms with Crippen molar-refractivity contribution in [1.82, 2.24) is 9.29 Å². The first kappa shape index (κ1) is 18.1. The first-order valence-corrected chi connectivity index (χ1v) is 10.8. The predicted molar refractivity (Wildman–Crippen MR) is 98.6 cm³/mol. The van der Waals surface area contributed by atoms with Crippen LogP contribution in [0.4, 0.5) is 5.13 Å². The summed E-state index contributed by atoms with van der Waals surface area (Å²) in [5, 5.41) is 3.35. The Morgan fingerprint density at radius 3 is 3.00 bits per heavy atom. The largest absolute Gasteiger partial charge is 0.494 e. The molecule has 0 saturated carbocycles. The molecule has 1 aliphatic heterocycles. The number of benzene rings is 1. The van der Waals surface area contributed by atoms with E-state index in [2.05, 4.69) is 10.3 Å². The Bertz CT molecular complexity index is 879. The van der Waals surface area contributed by atoms with Gasteiger partial charge >= 0.3 is 0 Å². The number of piperidine rings is 1. The number of aromatic nitrogens is 1. The van der Waals surface area contributed by atoms with Gasteiger partial charge in [-0.15, -0.1) is 0 Å². The van der Waals surface area contributed by atoms with Gasteiger partial charge in [-0.2, -0.15) is 0 Å². The highest BCUT2D eigenvalue weighted by Gasteiger charge is 2.30. The first-order valence-electron chi connectivity index (χ1n) is 8.16. The summed E-state index contributed by atoms with van der Waals surface area (Å²) in [6.45, 7) is 3.22. The van der Waals surface area contributed by atoms with Crippen LogP contribution < -0.4 is 10.1 Å².